The van der Waals surface area contributed by atoms with Gasteiger partial charge in [0.25, 0.3) is 0 Å². The third kappa shape index (κ3) is 3.51. The van der Waals surface area contributed by atoms with E-state index in [2.05, 4.69) is 20.9 Å². The van der Waals surface area contributed by atoms with Gasteiger partial charge in [0.15, 0.2) is 0 Å². The Hall–Kier alpha value is -2.45. The third-order valence-corrected chi connectivity index (χ3v) is 7.92. The van der Waals surface area contributed by atoms with Crippen molar-refractivity contribution in [2.75, 3.05) is 31.1 Å². The second-order valence-electron chi connectivity index (χ2n) is 7.86. The van der Waals surface area contributed by atoms with Gasteiger partial charge in [0.1, 0.15) is 16.5 Å². The zero-order valence-corrected chi connectivity index (χ0v) is 17.1. The van der Waals surface area contributed by atoms with Crippen LogP contribution in [0.2, 0.25) is 0 Å². The maximum absolute atomic E-state index is 12.7. The zero-order valence-electron chi connectivity index (χ0n) is 16.3. The fourth-order valence-corrected chi connectivity index (χ4v) is 5.80. The number of anilines is 1. The predicted octanol–water partition coefficient (Wildman–Crippen LogP) is 3.13. The quantitative estimate of drug-likeness (QED) is 0.713. The summed E-state index contributed by atoms with van der Waals surface area (Å²) in [6, 6.07) is 11.7. The van der Waals surface area contributed by atoms with E-state index in [9.17, 15) is 8.42 Å². The number of piperidine rings is 1. The number of pyridine rings is 1. The lowest BCUT2D eigenvalue weighted by Crippen LogP contribution is -2.34. The highest BCUT2D eigenvalue weighted by Crippen LogP contribution is 2.30. The first-order valence-electron chi connectivity index (χ1n) is 10.3. The number of para-hydroxylation sites is 2. The summed E-state index contributed by atoms with van der Waals surface area (Å²) < 4.78 is 26.9. The molecule has 3 aromatic rings. The summed E-state index contributed by atoms with van der Waals surface area (Å²) in [5.74, 6) is 2.31. The van der Waals surface area contributed by atoms with Crippen molar-refractivity contribution < 1.29 is 8.42 Å². The number of H-pyrrole nitrogens is 1. The van der Waals surface area contributed by atoms with Crippen LogP contribution in [0.1, 0.15) is 37.4 Å². The number of hydrogen-bond donors (Lipinski definition) is 1. The minimum atomic E-state index is -3.40. The Morgan fingerprint density at radius 2 is 1.72 bits per heavy atom. The van der Waals surface area contributed by atoms with Crippen molar-refractivity contribution in [3.63, 3.8) is 0 Å². The van der Waals surface area contributed by atoms with Crippen LogP contribution in [0.3, 0.4) is 0 Å². The van der Waals surface area contributed by atoms with Gasteiger partial charge in [0, 0.05) is 38.3 Å². The van der Waals surface area contributed by atoms with Gasteiger partial charge < -0.3 is 9.88 Å². The molecule has 152 valence electrons. The van der Waals surface area contributed by atoms with Gasteiger partial charge in [-0.1, -0.05) is 12.1 Å². The zero-order chi connectivity index (χ0) is 19.8. The molecule has 2 saturated heterocycles. The van der Waals surface area contributed by atoms with Gasteiger partial charge in [-0.3, -0.25) is 0 Å². The van der Waals surface area contributed by atoms with Crippen LogP contribution in [0.25, 0.3) is 11.0 Å². The Bertz CT molecular complexity index is 1060. The minimum absolute atomic E-state index is 0.292. The van der Waals surface area contributed by atoms with Gasteiger partial charge in [0.2, 0.25) is 10.0 Å². The predicted molar refractivity (Wildman–Crippen MR) is 113 cm³/mol. The summed E-state index contributed by atoms with van der Waals surface area (Å²) in [7, 11) is -3.40. The number of hydrogen-bond acceptors (Lipinski definition) is 5. The van der Waals surface area contributed by atoms with Crippen LogP contribution in [0.15, 0.2) is 47.5 Å². The SMILES string of the molecule is O=S(=O)(c1ccc(N2CCC(c3nc4ccccc4[nH]3)CC2)nc1)N1CCCC1. The molecule has 0 amide bonds. The topological polar surface area (TPSA) is 82.2 Å². The van der Waals surface area contributed by atoms with Crippen molar-refractivity contribution in [2.24, 2.45) is 0 Å². The second-order valence-corrected chi connectivity index (χ2v) is 9.80. The molecule has 0 aliphatic carbocycles. The molecule has 1 aromatic carbocycles. The molecule has 0 spiro atoms. The van der Waals surface area contributed by atoms with Crippen LogP contribution in [-0.2, 0) is 10.0 Å². The van der Waals surface area contributed by atoms with Crippen LogP contribution in [0, 0.1) is 0 Å². The van der Waals surface area contributed by atoms with E-state index in [0.29, 0.717) is 23.9 Å². The largest absolute Gasteiger partial charge is 0.357 e. The van der Waals surface area contributed by atoms with E-state index in [-0.39, 0.29) is 0 Å². The van der Waals surface area contributed by atoms with Gasteiger partial charge >= 0.3 is 0 Å². The smallest absolute Gasteiger partial charge is 0.244 e. The molecule has 0 bridgehead atoms. The Morgan fingerprint density at radius 1 is 0.966 bits per heavy atom. The monoisotopic (exact) mass is 411 g/mol. The van der Waals surface area contributed by atoms with Crippen LogP contribution < -0.4 is 4.90 Å². The maximum Gasteiger partial charge on any atom is 0.244 e. The van der Waals surface area contributed by atoms with Gasteiger partial charge in [-0.2, -0.15) is 4.31 Å². The lowest BCUT2D eigenvalue weighted by molar-refractivity contribution is 0.476. The normalized spacial score (nSPS) is 19.2. The van der Waals surface area contributed by atoms with E-state index < -0.39 is 10.0 Å². The number of aromatic nitrogens is 3. The van der Waals surface area contributed by atoms with E-state index in [4.69, 9.17) is 4.98 Å². The van der Waals surface area contributed by atoms with Gasteiger partial charge in [0.05, 0.1) is 11.0 Å². The van der Waals surface area contributed by atoms with Crippen molar-refractivity contribution in [3.05, 3.63) is 48.4 Å². The molecule has 4 heterocycles. The summed E-state index contributed by atoms with van der Waals surface area (Å²) >= 11 is 0. The number of nitrogens with zero attached hydrogens (tertiary/aromatic N) is 4. The Labute approximate surface area is 170 Å². The molecule has 8 heteroatoms. The fraction of sp³-hybridized carbons (Fsp3) is 0.429. The number of imidazole rings is 1. The van der Waals surface area contributed by atoms with Crippen LogP contribution in [0.5, 0.6) is 0 Å². The standard InChI is InChI=1S/C21H25N5O2S/c27-29(28,26-11-3-4-12-26)17-7-8-20(22-15-17)25-13-9-16(10-14-25)21-23-18-5-1-2-6-19(18)24-21/h1-2,5-8,15-16H,3-4,9-14H2,(H,23,24). The van der Waals surface area contributed by atoms with Crippen molar-refractivity contribution in [1.82, 2.24) is 19.3 Å². The third-order valence-electron chi connectivity index (χ3n) is 6.04. The molecule has 0 unspecified atom stereocenters. The fourth-order valence-electron chi connectivity index (χ4n) is 4.34. The molecular formula is C21H25N5O2S. The van der Waals surface area contributed by atoms with E-state index in [1.165, 1.54) is 6.20 Å². The van der Waals surface area contributed by atoms with Crippen LogP contribution in [-0.4, -0.2) is 53.9 Å². The highest BCUT2D eigenvalue weighted by molar-refractivity contribution is 7.89. The van der Waals surface area contributed by atoms with Crippen molar-refractivity contribution in [1.29, 1.82) is 0 Å². The molecule has 7 nitrogen and oxygen atoms in total. The van der Waals surface area contributed by atoms with E-state index in [1.54, 1.807) is 10.4 Å². The molecule has 0 atom stereocenters. The molecule has 2 fully saturated rings. The lowest BCUT2D eigenvalue weighted by Gasteiger charge is -2.32. The molecule has 29 heavy (non-hydrogen) atoms. The van der Waals surface area contributed by atoms with E-state index in [1.807, 2.05) is 24.3 Å². The molecule has 5 rings (SSSR count). The highest BCUT2D eigenvalue weighted by atomic mass is 32.2. The van der Waals surface area contributed by atoms with Crippen molar-refractivity contribution in [3.8, 4) is 0 Å². The Morgan fingerprint density at radius 3 is 2.41 bits per heavy atom. The summed E-state index contributed by atoms with van der Waals surface area (Å²) in [6.07, 6.45) is 5.37. The number of fused-ring (bicyclic) bond motifs is 1. The van der Waals surface area contributed by atoms with Gasteiger partial charge in [-0.25, -0.2) is 18.4 Å². The number of rotatable bonds is 4. The minimum Gasteiger partial charge on any atom is -0.357 e. The average molecular weight is 412 g/mol. The lowest BCUT2D eigenvalue weighted by atomic mass is 9.96. The first-order chi connectivity index (χ1) is 14.1. The number of aromatic amines is 1. The van der Waals surface area contributed by atoms with Crippen molar-refractivity contribution >= 4 is 26.9 Å². The van der Waals surface area contributed by atoms with E-state index in [0.717, 1.165) is 61.4 Å². The Balaban J connectivity index is 1.26. The number of benzene rings is 1. The van der Waals surface area contributed by atoms with Crippen LogP contribution >= 0.6 is 0 Å². The molecule has 2 aromatic heterocycles. The summed E-state index contributed by atoms with van der Waals surface area (Å²) in [6.45, 7) is 2.98. The molecule has 2 aliphatic rings. The van der Waals surface area contributed by atoms with Crippen LogP contribution in [0.4, 0.5) is 5.82 Å². The number of sulfonamides is 1. The molecular weight excluding hydrogens is 386 g/mol. The highest BCUT2D eigenvalue weighted by Gasteiger charge is 2.28. The molecule has 0 radical (unpaired) electrons. The average Bonchev–Trinajstić information content (AvgIpc) is 3.44. The maximum atomic E-state index is 12.7. The number of nitrogens with one attached hydrogen (secondary N) is 1. The van der Waals surface area contributed by atoms with Gasteiger partial charge in [-0.15, -0.1) is 0 Å². The van der Waals surface area contributed by atoms with E-state index >= 15 is 0 Å². The summed E-state index contributed by atoms with van der Waals surface area (Å²) in [5.41, 5.74) is 2.10. The molecule has 0 saturated carbocycles. The van der Waals surface area contributed by atoms with Crippen molar-refractivity contribution in [2.45, 2.75) is 36.5 Å². The first kappa shape index (κ1) is 18.6. The Kier molecular flexibility index (Phi) is 4.75. The summed E-state index contributed by atoms with van der Waals surface area (Å²) in [4.78, 5) is 15.2. The second kappa shape index (κ2) is 7.42. The van der Waals surface area contributed by atoms with Gasteiger partial charge in [-0.05, 0) is 49.9 Å². The molecule has 2 aliphatic heterocycles. The molecule has 1 N–H and O–H groups in total. The first-order valence-corrected chi connectivity index (χ1v) is 11.7. The summed E-state index contributed by atoms with van der Waals surface area (Å²) in [5, 5.41) is 0.